The molecular weight excluding hydrogens is 398 g/mol. The summed E-state index contributed by atoms with van der Waals surface area (Å²) in [5, 5.41) is 7.19. The normalized spacial score (nSPS) is 13.0. The van der Waals surface area contributed by atoms with Crippen molar-refractivity contribution in [3.05, 3.63) is 71.0 Å². The molecule has 0 aliphatic carbocycles. The van der Waals surface area contributed by atoms with Crippen LogP contribution in [0.4, 0.5) is 0 Å². The molecule has 0 bridgehead atoms. The van der Waals surface area contributed by atoms with E-state index in [1.54, 1.807) is 35.0 Å². The smallest absolute Gasteiger partial charge is 0.338 e. The summed E-state index contributed by atoms with van der Waals surface area (Å²) in [6.07, 6.45) is -0.933. The van der Waals surface area contributed by atoms with E-state index in [0.717, 1.165) is 22.6 Å². The van der Waals surface area contributed by atoms with Gasteiger partial charge in [0.1, 0.15) is 0 Å². The lowest BCUT2D eigenvalue weighted by Crippen LogP contribution is -2.35. The van der Waals surface area contributed by atoms with Crippen molar-refractivity contribution < 1.29 is 23.8 Å². The fourth-order valence-corrected chi connectivity index (χ4v) is 3.29. The fraction of sp³-hybridized carbons (Fsp3) is 0.261. The van der Waals surface area contributed by atoms with Gasteiger partial charge in [-0.05, 0) is 68.8 Å². The SMILES string of the molecule is Cc1cc(C)n(-c2ccc(C(=O)O[C@@H](C)C(=O)NCc3ccc4c(c3)OCO4)cc2)n1. The third-order valence-electron chi connectivity index (χ3n) is 4.91. The number of hydrogen-bond donors (Lipinski definition) is 1. The topological polar surface area (TPSA) is 91.7 Å². The highest BCUT2D eigenvalue weighted by Gasteiger charge is 2.20. The molecule has 0 spiro atoms. The molecule has 0 saturated carbocycles. The zero-order valence-corrected chi connectivity index (χ0v) is 17.5. The number of benzene rings is 2. The highest BCUT2D eigenvalue weighted by atomic mass is 16.7. The number of fused-ring (bicyclic) bond motifs is 1. The average Bonchev–Trinajstić information content (AvgIpc) is 3.36. The van der Waals surface area contributed by atoms with Crippen molar-refractivity contribution in [1.29, 1.82) is 0 Å². The number of esters is 1. The van der Waals surface area contributed by atoms with Crippen molar-refractivity contribution in [2.45, 2.75) is 33.4 Å². The van der Waals surface area contributed by atoms with Crippen LogP contribution in [0.3, 0.4) is 0 Å². The van der Waals surface area contributed by atoms with Gasteiger partial charge in [0.05, 0.1) is 16.9 Å². The maximum absolute atomic E-state index is 12.4. The summed E-state index contributed by atoms with van der Waals surface area (Å²) in [5.41, 5.74) is 3.98. The average molecular weight is 421 g/mol. The number of hydrogen-bond acceptors (Lipinski definition) is 6. The molecule has 31 heavy (non-hydrogen) atoms. The van der Waals surface area contributed by atoms with Crippen LogP contribution >= 0.6 is 0 Å². The predicted octanol–water partition coefficient (Wildman–Crippen LogP) is 3.08. The third kappa shape index (κ3) is 4.53. The van der Waals surface area contributed by atoms with Crippen molar-refractivity contribution >= 4 is 11.9 Å². The Hall–Kier alpha value is -3.81. The molecule has 2 aromatic carbocycles. The molecule has 1 aliphatic heterocycles. The first kappa shape index (κ1) is 20.5. The Morgan fingerprint density at radius 1 is 1.10 bits per heavy atom. The Bertz CT molecular complexity index is 1120. The number of nitrogens with zero attached hydrogens (tertiary/aromatic N) is 2. The van der Waals surface area contributed by atoms with Crippen LogP contribution in [0, 0.1) is 13.8 Å². The lowest BCUT2D eigenvalue weighted by atomic mass is 10.2. The van der Waals surface area contributed by atoms with Crippen LogP contribution < -0.4 is 14.8 Å². The number of rotatable bonds is 6. The number of nitrogens with one attached hydrogen (secondary N) is 1. The van der Waals surface area contributed by atoms with Gasteiger partial charge in [-0.15, -0.1) is 0 Å². The monoisotopic (exact) mass is 421 g/mol. The van der Waals surface area contributed by atoms with E-state index in [2.05, 4.69) is 10.4 Å². The summed E-state index contributed by atoms with van der Waals surface area (Å²) in [6.45, 7) is 5.91. The van der Waals surface area contributed by atoms with Crippen LogP contribution in [-0.2, 0) is 16.1 Å². The van der Waals surface area contributed by atoms with Crippen LogP contribution in [0.5, 0.6) is 11.5 Å². The summed E-state index contributed by atoms with van der Waals surface area (Å²) >= 11 is 0. The molecule has 1 N–H and O–H groups in total. The molecule has 1 aliphatic rings. The maximum Gasteiger partial charge on any atom is 0.338 e. The Balaban J connectivity index is 1.32. The van der Waals surface area contributed by atoms with Gasteiger partial charge < -0.3 is 19.5 Å². The summed E-state index contributed by atoms with van der Waals surface area (Å²) in [4.78, 5) is 24.8. The molecule has 1 aromatic heterocycles. The Labute approximate surface area is 179 Å². The Morgan fingerprint density at radius 3 is 2.55 bits per heavy atom. The van der Waals surface area contributed by atoms with Gasteiger partial charge in [0.25, 0.3) is 5.91 Å². The van der Waals surface area contributed by atoms with Crippen LogP contribution in [0.1, 0.15) is 34.2 Å². The molecule has 0 unspecified atom stereocenters. The van der Waals surface area contributed by atoms with E-state index < -0.39 is 12.1 Å². The van der Waals surface area contributed by atoms with Crippen molar-refractivity contribution in [3.63, 3.8) is 0 Å². The second kappa shape index (κ2) is 8.51. The predicted molar refractivity (Wildman–Crippen MR) is 112 cm³/mol. The molecule has 0 radical (unpaired) electrons. The third-order valence-corrected chi connectivity index (χ3v) is 4.91. The van der Waals surface area contributed by atoms with Gasteiger partial charge in [0.2, 0.25) is 6.79 Å². The van der Waals surface area contributed by atoms with E-state index >= 15 is 0 Å². The maximum atomic E-state index is 12.4. The van der Waals surface area contributed by atoms with Gasteiger partial charge in [-0.25, -0.2) is 9.48 Å². The molecule has 0 fully saturated rings. The number of carbonyl (C=O) groups is 2. The first-order valence-electron chi connectivity index (χ1n) is 9.91. The summed E-state index contributed by atoms with van der Waals surface area (Å²) < 4.78 is 17.7. The van der Waals surface area contributed by atoms with Gasteiger partial charge in [0.15, 0.2) is 17.6 Å². The first-order valence-corrected chi connectivity index (χ1v) is 9.91. The number of ether oxygens (including phenoxy) is 3. The summed E-state index contributed by atoms with van der Waals surface area (Å²) in [7, 11) is 0. The van der Waals surface area contributed by atoms with E-state index in [0.29, 0.717) is 17.1 Å². The van der Waals surface area contributed by atoms with Crippen LogP contribution in [0.15, 0.2) is 48.5 Å². The first-order chi connectivity index (χ1) is 14.9. The Morgan fingerprint density at radius 2 is 1.84 bits per heavy atom. The molecule has 1 amide bonds. The molecule has 160 valence electrons. The van der Waals surface area contributed by atoms with Crippen molar-refractivity contribution in [3.8, 4) is 17.2 Å². The van der Waals surface area contributed by atoms with E-state index in [1.807, 2.05) is 32.0 Å². The molecule has 1 atom stereocenters. The second-order valence-electron chi connectivity index (χ2n) is 7.34. The minimum atomic E-state index is -0.933. The van der Waals surface area contributed by atoms with Gasteiger partial charge in [0, 0.05) is 12.2 Å². The second-order valence-corrected chi connectivity index (χ2v) is 7.34. The highest BCUT2D eigenvalue weighted by molar-refractivity contribution is 5.92. The van der Waals surface area contributed by atoms with E-state index in [4.69, 9.17) is 14.2 Å². The zero-order chi connectivity index (χ0) is 22.0. The molecule has 4 rings (SSSR count). The molecular formula is C23H23N3O5. The van der Waals surface area contributed by atoms with Crippen LogP contribution in [0.2, 0.25) is 0 Å². The zero-order valence-electron chi connectivity index (χ0n) is 17.5. The van der Waals surface area contributed by atoms with Crippen LogP contribution in [-0.4, -0.2) is 34.6 Å². The van der Waals surface area contributed by atoms with Gasteiger partial charge in [-0.3, -0.25) is 4.79 Å². The van der Waals surface area contributed by atoms with Crippen molar-refractivity contribution in [2.75, 3.05) is 6.79 Å². The number of amides is 1. The van der Waals surface area contributed by atoms with Gasteiger partial charge in [-0.2, -0.15) is 5.10 Å². The summed E-state index contributed by atoms with van der Waals surface area (Å²) in [5.74, 6) is 0.382. The van der Waals surface area contributed by atoms with Crippen molar-refractivity contribution in [1.82, 2.24) is 15.1 Å². The lowest BCUT2D eigenvalue weighted by molar-refractivity contribution is -0.129. The largest absolute Gasteiger partial charge is 0.454 e. The van der Waals surface area contributed by atoms with E-state index in [9.17, 15) is 9.59 Å². The molecule has 2 heterocycles. The highest BCUT2D eigenvalue weighted by Crippen LogP contribution is 2.32. The molecule has 0 saturated heterocycles. The van der Waals surface area contributed by atoms with Crippen LogP contribution in [0.25, 0.3) is 5.69 Å². The number of aromatic nitrogens is 2. The van der Waals surface area contributed by atoms with E-state index in [1.165, 1.54) is 6.92 Å². The number of aryl methyl sites for hydroxylation is 2. The standard InChI is InChI=1S/C23H23N3O5/c1-14-10-15(2)26(25-14)19-7-5-18(6-8-19)23(28)31-16(3)22(27)24-12-17-4-9-20-21(11-17)30-13-29-20/h4-11,16H,12-13H2,1-3H3,(H,24,27)/t16-/m0/s1. The minimum absolute atomic E-state index is 0.195. The fourth-order valence-electron chi connectivity index (χ4n) is 3.29. The van der Waals surface area contributed by atoms with Crippen molar-refractivity contribution in [2.24, 2.45) is 0 Å². The summed E-state index contributed by atoms with van der Waals surface area (Å²) in [6, 6.07) is 14.3. The van der Waals surface area contributed by atoms with E-state index in [-0.39, 0.29) is 19.2 Å². The molecule has 8 heteroatoms. The molecule has 3 aromatic rings. The lowest BCUT2D eigenvalue weighted by Gasteiger charge is -2.14. The number of carbonyl (C=O) groups excluding carboxylic acids is 2. The Kier molecular flexibility index (Phi) is 5.62. The quantitative estimate of drug-likeness (QED) is 0.615. The van der Waals surface area contributed by atoms with Gasteiger partial charge >= 0.3 is 5.97 Å². The van der Waals surface area contributed by atoms with Gasteiger partial charge in [-0.1, -0.05) is 6.07 Å². The molecule has 8 nitrogen and oxygen atoms in total. The minimum Gasteiger partial charge on any atom is -0.454 e.